The largest absolute Gasteiger partial charge is 0.412 e. The van der Waals surface area contributed by atoms with Crippen molar-refractivity contribution in [2.45, 2.75) is 0 Å². The number of hydrogen-bond donors (Lipinski definition) is 1. The van der Waals surface area contributed by atoms with E-state index in [2.05, 4.69) is 10.2 Å². The van der Waals surface area contributed by atoms with Crippen molar-refractivity contribution in [1.29, 1.82) is 0 Å². The Kier molecular flexibility index (Phi) is 7.83. The van der Waals surface area contributed by atoms with Crippen molar-refractivity contribution in [2.75, 3.05) is 0 Å². The lowest BCUT2D eigenvalue weighted by Gasteiger charge is -1.49. The van der Waals surface area contributed by atoms with Crippen LogP contribution in [0.3, 0.4) is 0 Å². The van der Waals surface area contributed by atoms with E-state index in [0.29, 0.717) is 0 Å². The molecule has 4 heteroatoms. The van der Waals surface area contributed by atoms with E-state index < -0.39 is 0 Å². The lowest BCUT2D eigenvalue weighted by Crippen LogP contribution is -1.53. The standard InChI is InChI=1S/C3H4N2.H2O.H3P/c1-2-4-5-3-1;;/h1-3H,(H,4,5);1H2;1H3. The van der Waals surface area contributed by atoms with Gasteiger partial charge in [0.25, 0.3) is 0 Å². The fourth-order valence-electron chi connectivity index (χ4n) is 0.215. The zero-order valence-electron chi connectivity index (χ0n) is 3.89. The summed E-state index contributed by atoms with van der Waals surface area (Å²) in [6.45, 7) is 0. The lowest BCUT2D eigenvalue weighted by atomic mass is 10.8. The lowest BCUT2D eigenvalue weighted by molar-refractivity contribution is 0.824. The number of rotatable bonds is 0. The molecule has 0 amide bonds. The highest BCUT2D eigenvalue weighted by atomic mass is 31.0. The quantitative estimate of drug-likeness (QED) is 0.467. The molecule has 0 aliphatic heterocycles. The van der Waals surface area contributed by atoms with Gasteiger partial charge >= 0.3 is 0 Å². The van der Waals surface area contributed by atoms with E-state index in [1.54, 1.807) is 12.4 Å². The molecule has 0 bridgehead atoms. The summed E-state index contributed by atoms with van der Waals surface area (Å²) >= 11 is 0. The van der Waals surface area contributed by atoms with Gasteiger partial charge in [-0.05, 0) is 6.07 Å². The van der Waals surface area contributed by atoms with Gasteiger partial charge in [-0.2, -0.15) is 15.0 Å². The summed E-state index contributed by atoms with van der Waals surface area (Å²) < 4.78 is 0. The van der Waals surface area contributed by atoms with Crippen molar-refractivity contribution in [3.8, 4) is 0 Å². The van der Waals surface area contributed by atoms with E-state index in [1.807, 2.05) is 6.07 Å². The first-order valence-electron chi connectivity index (χ1n) is 1.44. The van der Waals surface area contributed by atoms with Gasteiger partial charge in [0.05, 0.1) is 0 Å². The van der Waals surface area contributed by atoms with E-state index in [9.17, 15) is 0 Å². The normalized spacial score (nSPS) is 5.71. The zero-order chi connectivity index (χ0) is 3.54. The molecule has 1 heterocycles. The Morgan fingerprint density at radius 3 is 2.29 bits per heavy atom. The number of aromatic nitrogens is 2. The molecular formula is C3H9N2OP. The molecular weight excluding hydrogens is 111 g/mol. The summed E-state index contributed by atoms with van der Waals surface area (Å²) in [6, 6.07) is 1.83. The van der Waals surface area contributed by atoms with Crippen LogP contribution in [-0.2, 0) is 0 Å². The maximum absolute atomic E-state index is 3.60. The molecule has 7 heavy (non-hydrogen) atoms. The molecule has 3 N–H and O–H groups in total. The van der Waals surface area contributed by atoms with Gasteiger partial charge < -0.3 is 5.48 Å². The molecule has 0 radical (unpaired) electrons. The first-order chi connectivity index (χ1) is 2.50. The highest BCUT2D eigenvalue weighted by Crippen LogP contribution is 1.64. The summed E-state index contributed by atoms with van der Waals surface area (Å²) in [5, 5.41) is 6.21. The predicted octanol–water partition coefficient (Wildman–Crippen LogP) is -0.357. The van der Waals surface area contributed by atoms with Gasteiger partial charge in [0.1, 0.15) is 0 Å². The van der Waals surface area contributed by atoms with Gasteiger partial charge in [-0.1, -0.05) is 0 Å². The van der Waals surface area contributed by atoms with Crippen molar-refractivity contribution >= 4 is 9.90 Å². The third kappa shape index (κ3) is 3.43. The topological polar surface area (TPSA) is 60.2 Å². The van der Waals surface area contributed by atoms with Crippen LogP contribution in [0.2, 0.25) is 0 Å². The third-order valence-corrected chi connectivity index (χ3v) is 0.406. The van der Waals surface area contributed by atoms with E-state index in [-0.39, 0.29) is 15.4 Å². The van der Waals surface area contributed by atoms with Crippen LogP contribution in [0.5, 0.6) is 0 Å². The SMILES string of the molecule is O.P.c1cn[nH]c1. The van der Waals surface area contributed by atoms with Crippen LogP contribution in [0.1, 0.15) is 0 Å². The summed E-state index contributed by atoms with van der Waals surface area (Å²) in [7, 11) is 0. The maximum atomic E-state index is 3.60. The molecule has 1 aromatic heterocycles. The second kappa shape index (κ2) is 5.60. The molecule has 0 saturated carbocycles. The fourth-order valence-corrected chi connectivity index (χ4v) is 0.215. The van der Waals surface area contributed by atoms with Crippen molar-refractivity contribution in [3.63, 3.8) is 0 Å². The minimum atomic E-state index is 0. The smallest absolute Gasteiger partial charge is 0.0487 e. The zero-order valence-corrected chi connectivity index (χ0v) is 5.30. The Balaban J connectivity index is 0. The van der Waals surface area contributed by atoms with Crippen LogP contribution in [0.4, 0.5) is 0 Å². The first kappa shape index (κ1) is 9.78. The van der Waals surface area contributed by atoms with Crippen LogP contribution in [-0.4, -0.2) is 15.7 Å². The van der Waals surface area contributed by atoms with Crippen molar-refractivity contribution in [2.24, 2.45) is 0 Å². The van der Waals surface area contributed by atoms with Gasteiger partial charge in [0.2, 0.25) is 0 Å². The van der Waals surface area contributed by atoms with Gasteiger partial charge in [0, 0.05) is 12.4 Å². The molecule has 3 nitrogen and oxygen atoms in total. The molecule has 0 aliphatic carbocycles. The Labute approximate surface area is 45.1 Å². The second-order valence-electron chi connectivity index (χ2n) is 0.766. The van der Waals surface area contributed by atoms with Gasteiger partial charge in [-0.3, -0.25) is 5.10 Å². The van der Waals surface area contributed by atoms with Crippen molar-refractivity contribution in [3.05, 3.63) is 18.5 Å². The number of aromatic amines is 1. The number of nitrogens with zero attached hydrogens (tertiary/aromatic N) is 1. The summed E-state index contributed by atoms with van der Waals surface area (Å²) in [4.78, 5) is 0. The highest BCUT2D eigenvalue weighted by molar-refractivity contribution is 6.92. The first-order valence-corrected chi connectivity index (χ1v) is 1.44. The monoisotopic (exact) mass is 120 g/mol. The van der Waals surface area contributed by atoms with Gasteiger partial charge in [-0.25, -0.2) is 0 Å². The molecule has 1 atom stereocenters. The number of nitrogens with one attached hydrogen (secondary N) is 1. The molecule has 1 rings (SSSR count). The summed E-state index contributed by atoms with van der Waals surface area (Å²) in [6.07, 6.45) is 3.46. The van der Waals surface area contributed by atoms with E-state index >= 15 is 0 Å². The molecule has 1 aromatic rings. The van der Waals surface area contributed by atoms with Crippen molar-refractivity contribution in [1.82, 2.24) is 10.2 Å². The fraction of sp³-hybridized carbons (Fsp3) is 0. The van der Waals surface area contributed by atoms with E-state index in [4.69, 9.17) is 0 Å². The van der Waals surface area contributed by atoms with Crippen LogP contribution in [0, 0.1) is 0 Å². The summed E-state index contributed by atoms with van der Waals surface area (Å²) in [5.74, 6) is 0. The molecule has 0 aromatic carbocycles. The van der Waals surface area contributed by atoms with Crippen LogP contribution >= 0.6 is 9.90 Å². The average molecular weight is 120 g/mol. The molecule has 1 unspecified atom stereocenters. The van der Waals surface area contributed by atoms with Crippen molar-refractivity contribution < 1.29 is 5.48 Å². The minimum absolute atomic E-state index is 0. The Morgan fingerprint density at radius 2 is 2.14 bits per heavy atom. The van der Waals surface area contributed by atoms with Gasteiger partial charge in [0.15, 0.2) is 0 Å². The van der Waals surface area contributed by atoms with Gasteiger partial charge in [-0.15, -0.1) is 0 Å². The molecule has 0 aliphatic rings. The Hall–Kier alpha value is -0.400. The second-order valence-corrected chi connectivity index (χ2v) is 0.766. The van der Waals surface area contributed by atoms with Crippen LogP contribution < -0.4 is 0 Å². The highest BCUT2D eigenvalue weighted by Gasteiger charge is 1.56. The average Bonchev–Trinajstić information content (AvgIpc) is 1.76. The number of hydrogen-bond acceptors (Lipinski definition) is 1. The Bertz CT molecular complexity index is 69.4. The van der Waals surface area contributed by atoms with E-state index in [0.717, 1.165) is 0 Å². The van der Waals surface area contributed by atoms with Crippen LogP contribution in [0.15, 0.2) is 18.5 Å². The molecule has 42 valence electrons. The molecule has 0 fully saturated rings. The maximum Gasteiger partial charge on any atom is 0.0487 e. The molecule has 0 spiro atoms. The predicted molar refractivity (Wildman–Crippen MR) is 33.3 cm³/mol. The summed E-state index contributed by atoms with van der Waals surface area (Å²) in [5.41, 5.74) is 0. The number of H-pyrrole nitrogens is 1. The Morgan fingerprint density at radius 1 is 1.43 bits per heavy atom. The van der Waals surface area contributed by atoms with Crippen LogP contribution in [0.25, 0.3) is 0 Å². The third-order valence-electron chi connectivity index (χ3n) is 0.406. The van der Waals surface area contributed by atoms with E-state index in [1.165, 1.54) is 0 Å². The minimum Gasteiger partial charge on any atom is -0.412 e. The molecule has 0 saturated heterocycles.